The number of nitrogens with zero attached hydrogens (tertiary/aromatic N) is 1. The lowest BCUT2D eigenvalue weighted by molar-refractivity contribution is 0.172. The van der Waals surface area contributed by atoms with Crippen molar-refractivity contribution in [2.75, 3.05) is 18.8 Å². The molecule has 1 aliphatic rings. The largest absolute Gasteiger partial charge is 0.398 e. The Hall–Kier alpha value is -1.02. The second kappa shape index (κ2) is 4.88. The Bertz CT molecular complexity index is 338. The number of anilines is 1. The van der Waals surface area contributed by atoms with Crippen molar-refractivity contribution in [3.05, 3.63) is 29.8 Å². The van der Waals surface area contributed by atoms with E-state index in [1.54, 1.807) is 0 Å². The van der Waals surface area contributed by atoms with Crippen LogP contribution >= 0.6 is 0 Å². The number of likely N-dealkylation sites (tertiary alicyclic amines) is 1. The lowest BCUT2D eigenvalue weighted by Gasteiger charge is -2.35. The molecule has 0 aromatic heterocycles. The average Bonchev–Trinajstić information content (AvgIpc) is 2.30. The fourth-order valence-electron chi connectivity index (χ4n) is 2.61. The molecule has 88 valence electrons. The molecule has 1 saturated heterocycles. The summed E-state index contributed by atoms with van der Waals surface area (Å²) >= 11 is 0. The normalized spacial score (nSPS) is 19.2. The molecule has 0 saturated carbocycles. The highest BCUT2D eigenvalue weighted by atomic mass is 15.1. The number of hydrogen-bond acceptors (Lipinski definition) is 2. The Balaban J connectivity index is 2.02. The maximum Gasteiger partial charge on any atom is 0.0349 e. The highest BCUT2D eigenvalue weighted by Crippen LogP contribution is 2.31. The van der Waals surface area contributed by atoms with Crippen LogP contribution < -0.4 is 5.73 Å². The monoisotopic (exact) mass is 218 g/mol. The number of nitrogen functional groups attached to an aromatic ring is 1. The van der Waals surface area contributed by atoms with Crippen molar-refractivity contribution in [2.24, 2.45) is 0 Å². The summed E-state index contributed by atoms with van der Waals surface area (Å²) in [5.74, 6) is 0.663. The van der Waals surface area contributed by atoms with Gasteiger partial charge in [0.15, 0.2) is 0 Å². The Kier molecular flexibility index (Phi) is 3.49. The molecule has 1 aliphatic heterocycles. The zero-order valence-corrected chi connectivity index (χ0v) is 10.3. The van der Waals surface area contributed by atoms with Gasteiger partial charge >= 0.3 is 0 Å². The molecule has 0 bridgehead atoms. The van der Waals surface area contributed by atoms with Gasteiger partial charge in [0, 0.05) is 11.7 Å². The van der Waals surface area contributed by atoms with Gasteiger partial charge in [-0.1, -0.05) is 18.2 Å². The van der Waals surface area contributed by atoms with Crippen molar-refractivity contribution in [3.8, 4) is 0 Å². The predicted octanol–water partition coefficient (Wildman–Crippen LogP) is 2.86. The first-order valence-corrected chi connectivity index (χ1v) is 6.27. The van der Waals surface area contributed by atoms with Gasteiger partial charge in [0.1, 0.15) is 0 Å². The van der Waals surface area contributed by atoms with E-state index in [1.165, 1.54) is 31.5 Å². The zero-order valence-electron chi connectivity index (χ0n) is 10.3. The molecule has 0 radical (unpaired) electrons. The van der Waals surface area contributed by atoms with Gasteiger partial charge in [-0.15, -0.1) is 0 Å². The van der Waals surface area contributed by atoms with Gasteiger partial charge in [0.25, 0.3) is 0 Å². The van der Waals surface area contributed by atoms with Crippen LogP contribution in [0.1, 0.15) is 38.2 Å². The Morgan fingerprint density at radius 3 is 2.38 bits per heavy atom. The predicted molar refractivity (Wildman–Crippen MR) is 69.5 cm³/mol. The van der Waals surface area contributed by atoms with E-state index in [1.807, 2.05) is 12.1 Å². The maximum absolute atomic E-state index is 6.03. The van der Waals surface area contributed by atoms with Crippen molar-refractivity contribution in [2.45, 2.75) is 38.6 Å². The molecule has 2 nitrogen and oxygen atoms in total. The molecule has 0 amide bonds. The summed E-state index contributed by atoms with van der Waals surface area (Å²) < 4.78 is 0. The topological polar surface area (TPSA) is 29.3 Å². The van der Waals surface area contributed by atoms with E-state index in [9.17, 15) is 0 Å². The Morgan fingerprint density at radius 2 is 1.81 bits per heavy atom. The van der Waals surface area contributed by atoms with E-state index in [4.69, 9.17) is 5.73 Å². The molecule has 2 heteroatoms. The second-order valence-corrected chi connectivity index (χ2v) is 5.03. The number of nitrogens with two attached hydrogens (primary N) is 1. The van der Waals surface area contributed by atoms with Gasteiger partial charge in [0.05, 0.1) is 0 Å². The molecule has 1 heterocycles. The quantitative estimate of drug-likeness (QED) is 0.773. The molecule has 2 N–H and O–H groups in total. The van der Waals surface area contributed by atoms with Crippen LogP contribution in [0.3, 0.4) is 0 Å². The van der Waals surface area contributed by atoms with Gasteiger partial charge in [-0.3, -0.25) is 0 Å². The van der Waals surface area contributed by atoms with E-state index >= 15 is 0 Å². The summed E-state index contributed by atoms with van der Waals surface area (Å²) in [6.07, 6.45) is 2.48. The third kappa shape index (κ3) is 2.38. The van der Waals surface area contributed by atoms with Crippen LogP contribution in [0.5, 0.6) is 0 Å². The molecule has 0 spiro atoms. The average molecular weight is 218 g/mol. The number of piperidine rings is 1. The fourth-order valence-corrected chi connectivity index (χ4v) is 2.61. The van der Waals surface area contributed by atoms with Crippen molar-refractivity contribution < 1.29 is 0 Å². The molecule has 1 fully saturated rings. The molecular formula is C14H22N2. The van der Waals surface area contributed by atoms with E-state index in [0.29, 0.717) is 12.0 Å². The van der Waals surface area contributed by atoms with E-state index in [-0.39, 0.29) is 0 Å². The summed E-state index contributed by atoms with van der Waals surface area (Å²) in [6, 6.07) is 8.99. The highest BCUT2D eigenvalue weighted by molar-refractivity contribution is 5.48. The SMILES string of the molecule is CC(C)N1CCC(c2ccccc2N)CC1. The Morgan fingerprint density at radius 1 is 1.19 bits per heavy atom. The van der Waals surface area contributed by atoms with Crippen LogP contribution in [-0.2, 0) is 0 Å². The highest BCUT2D eigenvalue weighted by Gasteiger charge is 2.22. The first-order valence-electron chi connectivity index (χ1n) is 6.27. The molecule has 2 rings (SSSR count). The lowest BCUT2D eigenvalue weighted by atomic mass is 9.88. The summed E-state index contributed by atoms with van der Waals surface area (Å²) in [7, 11) is 0. The summed E-state index contributed by atoms with van der Waals surface area (Å²) in [5, 5.41) is 0. The van der Waals surface area contributed by atoms with Crippen LogP contribution in [0.25, 0.3) is 0 Å². The summed E-state index contributed by atoms with van der Waals surface area (Å²) in [6.45, 7) is 6.96. The second-order valence-electron chi connectivity index (χ2n) is 5.03. The van der Waals surface area contributed by atoms with Crippen molar-refractivity contribution in [1.29, 1.82) is 0 Å². The van der Waals surface area contributed by atoms with Gasteiger partial charge in [0.2, 0.25) is 0 Å². The Labute approximate surface area is 98.4 Å². The molecule has 16 heavy (non-hydrogen) atoms. The standard InChI is InChI=1S/C14H22N2/c1-11(2)16-9-7-12(8-10-16)13-5-3-4-6-14(13)15/h3-6,11-12H,7-10,15H2,1-2H3. The fraction of sp³-hybridized carbons (Fsp3) is 0.571. The van der Waals surface area contributed by atoms with E-state index in [2.05, 4.69) is 30.9 Å². The molecule has 1 aromatic rings. The van der Waals surface area contributed by atoms with Gasteiger partial charge in [-0.2, -0.15) is 0 Å². The van der Waals surface area contributed by atoms with Crippen LogP contribution in [0.4, 0.5) is 5.69 Å². The third-order valence-electron chi connectivity index (χ3n) is 3.70. The van der Waals surface area contributed by atoms with Gasteiger partial charge in [-0.25, -0.2) is 0 Å². The third-order valence-corrected chi connectivity index (χ3v) is 3.70. The minimum atomic E-state index is 0.663. The summed E-state index contributed by atoms with van der Waals surface area (Å²) in [5.41, 5.74) is 8.35. The number of benzene rings is 1. The summed E-state index contributed by atoms with van der Waals surface area (Å²) in [4.78, 5) is 2.55. The van der Waals surface area contributed by atoms with Crippen molar-refractivity contribution >= 4 is 5.69 Å². The lowest BCUT2D eigenvalue weighted by Crippen LogP contribution is -2.37. The van der Waals surface area contributed by atoms with Crippen molar-refractivity contribution in [1.82, 2.24) is 4.90 Å². The van der Waals surface area contributed by atoms with Crippen LogP contribution in [0, 0.1) is 0 Å². The molecule has 0 atom stereocenters. The van der Waals surface area contributed by atoms with Crippen LogP contribution in [-0.4, -0.2) is 24.0 Å². The van der Waals surface area contributed by atoms with Gasteiger partial charge in [-0.05, 0) is 57.3 Å². The molecule has 1 aromatic carbocycles. The van der Waals surface area contributed by atoms with Crippen LogP contribution in [0.15, 0.2) is 24.3 Å². The van der Waals surface area contributed by atoms with E-state index in [0.717, 1.165) is 5.69 Å². The smallest absolute Gasteiger partial charge is 0.0349 e. The van der Waals surface area contributed by atoms with Crippen molar-refractivity contribution in [3.63, 3.8) is 0 Å². The first kappa shape index (κ1) is 11.5. The van der Waals surface area contributed by atoms with Gasteiger partial charge < -0.3 is 10.6 Å². The first-order chi connectivity index (χ1) is 7.68. The number of hydrogen-bond donors (Lipinski definition) is 1. The molecule has 0 aliphatic carbocycles. The zero-order chi connectivity index (χ0) is 11.5. The number of rotatable bonds is 2. The maximum atomic E-state index is 6.03. The minimum absolute atomic E-state index is 0.663. The molecule has 0 unspecified atom stereocenters. The van der Waals surface area contributed by atoms with Crippen LogP contribution in [0.2, 0.25) is 0 Å². The number of para-hydroxylation sites is 1. The minimum Gasteiger partial charge on any atom is -0.398 e. The van der Waals surface area contributed by atoms with E-state index < -0.39 is 0 Å². The molecular weight excluding hydrogens is 196 g/mol.